The number of likely N-dealkylation sites (N-methyl/N-ethyl adjacent to an activating group) is 1. The molecule has 196 valence electrons. The Labute approximate surface area is 222 Å². The number of urea groups is 1. The molecule has 2 amide bonds. The van der Waals surface area contributed by atoms with Crippen LogP contribution in [0.5, 0.6) is 0 Å². The highest BCUT2D eigenvalue weighted by molar-refractivity contribution is 6.02. The molecule has 3 heterocycles. The number of amides is 2. The van der Waals surface area contributed by atoms with Crippen molar-refractivity contribution >= 4 is 34.3 Å². The van der Waals surface area contributed by atoms with E-state index in [1.165, 1.54) is 18.4 Å². The average molecular weight is 511 g/mol. The minimum absolute atomic E-state index is 0.275. The van der Waals surface area contributed by atoms with E-state index in [1.807, 2.05) is 43.4 Å². The second-order valence-corrected chi connectivity index (χ2v) is 10.5. The molecule has 9 heteroatoms. The van der Waals surface area contributed by atoms with Crippen LogP contribution in [-0.2, 0) is 13.6 Å². The Balaban J connectivity index is 1.11. The van der Waals surface area contributed by atoms with Crippen molar-refractivity contribution in [3.63, 3.8) is 0 Å². The molecular formula is C29H34N8O. The molecule has 1 aliphatic heterocycles. The lowest BCUT2D eigenvalue weighted by molar-refractivity contribution is 0.148. The summed E-state index contributed by atoms with van der Waals surface area (Å²) in [6, 6.07) is 17.8. The summed E-state index contributed by atoms with van der Waals surface area (Å²) >= 11 is 0. The fourth-order valence-electron chi connectivity index (χ4n) is 5.10. The third kappa shape index (κ3) is 5.20. The Bertz CT molecular complexity index is 1450. The predicted octanol–water partition coefficient (Wildman–Crippen LogP) is 4.49. The molecular weight excluding hydrogens is 476 g/mol. The van der Waals surface area contributed by atoms with Crippen molar-refractivity contribution < 1.29 is 4.79 Å². The third-order valence-corrected chi connectivity index (χ3v) is 7.50. The Kier molecular flexibility index (Phi) is 6.47. The first-order chi connectivity index (χ1) is 18.4. The summed E-state index contributed by atoms with van der Waals surface area (Å²) in [5, 5.41) is 11.1. The SMILES string of the molecule is CN1CCN(Cc2ccc(NC(=O)Nc3ccc(-c4cc(C5CC5)nc5c4c(N)nn5C)cc3)cc2)CC1. The molecule has 6 rings (SSSR count). The summed E-state index contributed by atoms with van der Waals surface area (Å²) in [4.78, 5) is 22.3. The maximum atomic E-state index is 12.6. The summed E-state index contributed by atoms with van der Waals surface area (Å²) in [6.07, 6.45) is 2.34. The lowest BCUT2D eigenvalue weighted by Crippen LogP contribution is -2.43. The minimum Gasteiger partial charge on any atom is -0.382 e. The van der Waals surface area contributed by atoms with Gasteiger partial charge in [-0.25, -0.2) is 14.5 Å². The highest BCUT2D eigenvalue weighted by atomic mass is 16.2. The fraction of sp³-hybridized carbons (Fsp3) is 0.345. The zero-order valence-electron chi connectivity index (χ0n) is 21.9. The summed E-state index contributed by atoms with van der Waals surface area (Å²) in [5.74, 6) is 0.989. The van der Waals surface area contributed by atoms with Gasteiger partial charge in [0.1, 0.15) is 0 Å². The van der Waals surface area contributed by atoms with Crippen LogP contribution in [0, 0.1) is 0 Å². The summed E-state index contributed by atoms with van der Waals surface area (Å²) in [6.45, 7) is 5.31. The van der Waals surface area contributed by atoms with Crippen LogP contribution in [0.1, 0.15) is 30.0 Å². The van der Waals surface area contributed by atoms with Crippen LogP contribution >= 0.6 is 0 Å². The standard InChI is InChI=1S/C29H34N8O/c1-35-13-15-37(16-14-35)18-19-3-9-22(10-4-19)31-29(38)32-23-11-7-20(8-12-23)24-17-25(21-5-6-21)33-28-26(24)27(30)34-36(28)2/h3-4,7-12,17,21H,5-6,13-16,18H2,1-2H3,(H2,30,34)(H2,31,32,38). The van der Waals surface area contributed by atoms with E-state index < -0.39 is 0 Å². The summed E-state index contributed by atoms with van der Waals surface area (Å²) in [7, 11) is 4.04. The van der Waals surface area contributed by atoms with E-state index in [9.17, 15) is 4.79 Å². The fourth-order valence-corrected chi connectivity index (χ4v) is 5.10. The molecule has 4 N–H and O–H groups in total. The van der Waals surface area contributed by atoms with Gasteiger partial charge in [-0.2, -0.15) is 5.10 Å². The lowest BCUT2D eigenvalue weighted by Gasteiger charge is -2.32. The van der Waals surface area contributed by atoms with Gasteiger partial charge in [0.05, 0.1) is 5.39 Å². The van der Waals surface area contributed by atoms with E-state index in [0.717, 1.165) is 66.3 Å². The zero-order valence-corrected chi connectivity index (χ0v) is 21.9. The van der Waals surface area contributed by atoms with Crippen molar-refractivity contribution in [3.8, 4) is 11.1 Å². The number of pyridine rings is 1. The van der Waals surface area contributed by atoms with Crippen molar-refractivity contribution in [1.82, 2.24) is 24.6 Å². The van der Waals surface area contributed by atoms with Crippen LogP contribution in [0.25, 0.3) is 22.2 Å². The van der Waals surface area contributed by atoms with Gasteiger partial charge in [-0.15, -0.1) is 0 Å². The summed E-state index contributed by atoms with van der Waals surface area (Å²) in [5.41, 5.74) is 12.9. The normalized spacial score (nSPS) is 16.6. The van der Waals surface area contributed by atoms with Gasteiger partial charge in [0.15, 0.2) is 11.5 Å². The second-order valence-electron chi connectivity index (χ2n) is 10.5. The van der Waals surface area contributed by atoms with Crippen molar-refractivity contribution in [3.05, 3.63) is 65.9 Å². The number of nitrogen functional groups attached to an aromatic ring is 1. The second kappa shape index (κ2) is 10.1. The van der Waals surface area contributed by atoms with Crippen LogP contribution in [0.3, 0.4) is 0 Å². The first kappa shape index (κ1) is 24.4. The molecule has 0 atom stereocenters. The molecule has 2 aromatic carbocycles. The van der Waals surface area contributed by atoms with E-state index in [0.29, 0.717) is 17.4 Å². The highest BCUT2D eigenvalue weighted by Gasteiger charge is 2.27. The van der Waals surface area contributed by atoms with Gasteiger partial charge in [0.2, 0.25) is 0 Å². The molecule has 2 aromatic heterocycles. The van der Waals surface area contributed by atoms with Crippen LogP contribution in [0.4, 0.5) is 22.0 Å². The number of carbonyl (C=O) groups is 1. The Morgan fingerprint density at radius 2 is 1.58 bits per heavy atom. The monoisotopic (exact) mass is 510 g/mol. The molecule has 2 fully saturated rings. The maximum Gasteiger partial charge on any atom is 0.323 e. The van der Waals surface area contributed by atoms with Crippen molar-refractivity contribution in [2.24, 2.45) is 7.05 Å². The molecule has 9 nitrogen and oxygen atoms in total. The van der Waals surface area contributed by atoms with Gasteiger partial charge >= 0.3 is 6.03 Å². The summed E-state index contributed by atoms with van der Waals surface area (Å²) < 4.78 is 1.75. The van der Waals surface area contributed by atoms with Crippen LogP contribution in [-0.4, -0.2) is 63.8 Å². The number of nitrogens with one attached hydrogen (secondary N) is 2. The number of fused-ring (bicyclic) bond motifs is 1. The molecule has 1 saturated carbocycles. The number of aromatic nitrogens is 3. The molecule has 0 unspecified atom stereocenters. The van der Waals surface area contributed by atoms with Gasteiger partial charge in [-0.05, 0) is 66.9 Å². The number of anilines is 3. The van der Waals surface area contributed by atoms with Gasteiger partial charge in [-0.3, -0.25) is 4.90 Å². The molecule has 1 saturated heterocycles. The van der Waals surface area contributed by atoms with Gasteiger partial charge in [-0.1, -0.05) is 24.3 Å². The number of nitrogens with zero attached hydrogens (tertiary/aromatic N) is 5. The number of hydrogen-bond acceptors (Lipinski definition) is 6. The van der Waals surface area contributed by atoms with E-state index in [2.05, 4.69) is 50.8 Å². The van der Waals surface area contributed by atoms with Crippen LogP contribution in [0.15, 0.2) is 54.6 Å². The van der Waals surface area contributed by atoms with E-state index in [-0.39, 0.29) is 6.03 Å². The number of rotatable bonds is 6. The first-order valence-electron chi connectivity index (χ1n) is 13.2. The highest BCUT2D eigenvalue weighted by Crippen LogP contribution is 2.42. The molecule has 2 aliphatic rings. The predicted molar refractivity (Wildman–Crippen MR) is 152 cm³/mol. The number of nitrogens with two attached hydrogens (primary N) is 1. The molecule has 38 heavy (non-hydrogen) atoms. The number of piperazine rings is 1. The Morgan fingerprint density at radius 3 is 2.21 bits per heavy atom. The zero-order chi connectivity index (χ0) is 26.2. The Morgan fingerprint density at radius 1 is 0.947 bits per heavy atom. The number of hydrogen-bond donors (Lipinski definition) is 3. The van der Waals surface area contributed by atoms with Crippen molar-refractivity contribution in [1.29, 1.82) is 0 Å². The third-order valence-electron chi connectivity index (χ3n) is 7.50. The number of carbonyl (C=O) groups excluding carboxylic acids is 1. The Hall–Kier alpha value is -3.95. The smallest absolute Gasteiger partial charge is 0.323 e. The van der Waals surface area contributed by atoms with Crippen LogP contribution in [0.2, 0.25) is 0 Å². The van der Waals surface area contributed by atoms with Crippen molar-refractivity contribution in [2.75, 3.05) is 49.6 Å². The molecule has 0 spiro atoms. The number of aryl methyl sites for hydroxylation is 1. The molecule has 1 aliphatic carbocycles. The van der Waals surface area contributed by atoms with E-state index in [4.69, 9.17) is 10.7 Å². The molecule has 0 bridgehead atoms. The van der Waals surface area contributed by atoms with Gasteiger partial charge in [0.25, 0.3) is 0 Å². The van der Waals surface area contributed by atoms with E-state index in [1.54, 1.807) is 4.68 Å². The topological polar surface area (TPSA) is 104 Å². The lowest BCUT2D eigenvalue weighted by atomic mass is 10.0. The van der Waals surface area contributed by atoms with Gasteiger partial charge in [0, 0.05) is 62.8 Å². The average Bonchev–Trinajstić information content (AvgIpc) is 3.72. The quantitative estimate of drug-likeness (QED) is 0.353. The van der Waals surface area contributed by atoms with Crippen LogP contribution < -0.4 is 16.4 Å². The largest absolute Gasteiger partial charge is 0.382 e. The minimum atomic E-state index is -0.275. The van der Waals surface area contributed by atoms with Crippen molar-refractivity contribution in [2.45, 2.75) is 25.3 Å². The van der Waals surface area contributed by atoms with E-state index >= 15 is 0 Å². The van der Waals surface area contributed by atoms with Gasteiger partial charge < -0.3 is 21.3 Å². The molecule has 0 radical (unpaired) electrons. The number of benzene rings is 2. The maximum absolute atomic E-state index is 12.6. The first-order valence-corrected chi connectivity index (χ1v) is 13.2. The molecule has 4 aromatic rings.